The first kappa shape index (κ1) is 34.9. The Labute approximate surface area is 339 Å². The monoisotopic (exact) mass is 738 g/mol. The topological polar surface area (TPSA) is 36.1 Å². The number of nitriles is 1. The molecule has 2 aliphatic rings. The highest BCUT2D eigenvalue weighted by Gasteiger charge is 2.34. The third-order valence-corrected chi connectivity index (χ3v) is 11.5. The lowest BCUT2D eigenvalue weighted by Gasteiger charge is -2.33. The van der Waals surface area contributed by atoms with E-state index in [1.54, 1.807) is 0 Å². The van der Waals surface area contributed by atoms with Crippen LogP contribution in [-0.2, 0) is 0 Å². The Bertz CT molecular complexity index is 2960. The summed E-state index contributed by atoms with van der Waals surface area (Å²) < 4.78 is 0. The number of nitrogens with zero attached hydrogens (tertiary/aromatic N) is 2. The maximum atomic E-state index is 9.93. The number of hydrogen-bond acceptors (Lipinski definition) is 2. The molecule has 0 aromatic heterocycles. The van der Waals surface area contributed by atoms with Crippen LogP contribution in [0, 0.1) is 17.2 Å². The SMILES string of the molecule is N#Cc1cccc(-c2cc(-c3cccc(C(=C(c4ccccc4)c4ccccc4)c4ccccc4)c3)cc(C3c4ccc5ccccc5c4N=C4C=CC=CC43)c2)c1. The first-order valence-electron chi connectivity index (χ1n) is 19.8. The van der Waals surface area contributed by atoms with E-state index in [0.29, 0.717) is 5.56 Å². The van der Waals surface area contributed by atoms with Gasteiger partial charge in [0.1, 0.15) is 0 Å². The van der Waals surface area contributed by atoms with Gasteiger partial charge in [0.05, 0.1) is 17.3 Å². The largest absolute Gasteiger partial charge is 0.252 e. The number of hydrogen-bond donors (Lipinski definition) is 0. The molecule has 2 nitrogen and oxygen atoms in total. The summed E-state index contributed by atoms with van der Waals surface area (Å²) in [5.74, 6) is 0.0994. The molecular formula is C56H38N2. The Morgan fingerprint density at radius 1 is 0.483 bits per heavy atom. The molecule has 0 saturated carbocycles. The van der Waals surface area contributed by atoms with Gasteiger partial charge in [-0.25, -0.2) is 0 Å². The van der Waals surface area contributed by atoms with Crippen molar-refractivity contribution >= 4 is 33.3 Å². The second-order valence-electron chi connectivity index (χ2n) is 15.0. The van der Waals surface area contributed by atoms with Gasteiger partial charge >= 0.3 is 0 Å². The molecule has 2 heteroatoms. The van der Waals surface area contributed by atoms with Gasteiger partial charge in [-0.1, -0.05) is 188 Å². The smallest absolute Gasteiger partial charge is 0.0991 e. The predicted octanol–water partition coefficient (Wildman–Crippen LogP) is 14.0. The molecule has 0 saturated heterocycles. The molecule has 8 aromatic rings. The minimum Gasteiger partial charge on any atom is -0.252 e. The molecule has 0 radical (unpaired) electrons. The van der Waals surface area contributed by atoms with Crippen molar-refractivity contribution in [3.63, 3.8) is 0 Å². The third-order valence-electron chi connectivity index (χ3n) is 11.5. The normalized spacial score (nSPS) is 15.2. The lowest BCUT2D eigenvalue weighted by atomic mass is 9.73. The van der Waals surface area contributed by atoms with Crippen LogP contribution >= 0.6 is 0 Å². The van der Waals surface area contributed by atoms with E-state index in [9.17, 15) is 5.26 Å². The number of aliphatic imine (C=N–C) groups is 1. The zero-order chi connectivity index (χ0) is 38.8. The summed E-state index contributed by atoms with van der Waals surface area (Å²) in [4.78, 5) is 5.32. The van der Waals surface area contributed by atoms with E-state index in [1.165, 1.54) is 27.7 Å². The van der Waals surface area contributed by atoms with Gasteiger partial charge in [-0.15, -0.1) is 0 Å². The number of allylic oxidation sites excluding steroid dienone is 4. The van der Waals surface area contributed by atoms with E-state index in [-0.39, 0.29) is 11.8 Å². The third kappa shape index (κ3) is 6.49. The molecule has 10 rings (SSSR count). The van der Waals surface area contributed by atoms with Crippen LogP contribution in [0.4, 0.5) is 5.69 Å². The molecule has 1 heterocycles. The van der Waals surface area contributed by atoms with Crippen LogP contribution in [0.2, 0.25) is 0 Å². The Morgan fingerprint density at radius 3 is 1.74 bits per heavy atom. The van der Waals surface area contributed by atoms with Crippen molar-refractivity contribution in [2.45, 2.75) is 5.92 Å². The number of rotatable bonds is 7. The van der Waals surface area contributed by atoms with E-state index in [0.717, 1.165) is 61.3 Å². The minimum absolute atomic E-state index is 0.0249. The first-order valence-corrected chi connectivity index (χ1v) is 19.8. The Balaban J connectivity index is 1.21. The van der Waals surface area contributed by atoms with E-state index in [2.05, 4.69) is 206 Å². The van der Waals surface area contributed by atoms with Gasteiger partial charge in [-0.3, -0.25) is 4.99 Å². The molecule has 8 aromatic carbocycles. The first-order chi connectivity index (χ1) is 28.7. The van der Waals surface area contributed by atoms with Gasteiger partial charge in [0, 0.05) is 22.9 Å². The predicted molar refractivity (Wildman–Crippen MR) is 241 cm³/mol. The van der Waals surface area contributed by atoms with Gasteiger partial charge in [0.2, 0.25) is 0 Å². The van der Waals surface area contributed by atoms with E-state index < -0.39 is 0 Å². The van der Waals surface area contributed by atoms with Crippen LogP contribution in [0.25, 0.3) is 44.2 Å². The van der Waals surface area contributed by atoms with Gasteiger partial charge in [-0.2, -0.15) is 5.26 Å². The fraction of sp³-hybridized carbons (Fsp3) is 0.0357. The van der Waals surface area contributed by atoms with E-state index in [4.69, 9.17) is 4.99 Å². The van der Waals surface area contributed by atoms with Gasteiger partial charge in [0.25, 0.3) is 0 Å². The Kier molecular flexibility index (Phi) is 9.10. The van der Waals surface area contributed by atoms with Crippen LogP contribution in [0.15, 0.2) is 223 Å². The maximum Gasteiger partial charge on any atom is 0.0991 e. The summed E-state index contributed by atoms with van der Waals surface area (Å²) in [6.07, 6.45) is 8.72. The van der Waals surface area contributed by atoms with Crippen molar-refractivity contribution in [2.24, 2.45) is 10.9 Å². The molecule has 2 unspecified atom stereocenters. The average molecular weight is 739 g/mol. The summed E-state index contributed by atoms with van der Waals surface area (Å²) in [6.45, 7) is 0. The molecule has 58 heavy (non-hydrogen) atoms. The molecule has 272 valence electrons. The molecular weight excluding hydrogens is 701 g/mol. The molecule has 0 bridgehead atoms. The van der Waals surface area contributed by atoms with Crippen molar-refractivity contribution in [2.75, 3.05) is 0 Å². The second kappa shape index (κ2) is 15.1. The maximum absolute atomic E-state index is 9.93. The van der Waals surface area contributed by atoms with Gasteiger partial charge in [-0.05, 0) is 103 Å². The lowest BCUT2D eigenvalue weighted by molar-refractivity contribution is 0.709. The van der Waals surface area contributed by atoms with Crippen LogP contribution in [0.3, 0.4) is 0 Å². The highest BCUT2D eigenvalue weighted by Crippen LogP contribution is 2.48. The second-order valence-corrected chi connectivity index (χ2v) is 15.0. The summed E-state index contributed by atoms with van der Waals surface area (Å²) >= 11 is 0. The highest BCUT2D eigenvalue weighted by molar-refractivity contribution is 6.08. The highest BCUT2D eigenvalue weighted by atomic mass is 14.8. The molecule has 0 fully saturated rings. The summed E-state index contributed by atoms with van der Waals surface area (Å²) in [7, 11) is 0. The molecule has 1 aliphatic carbocycles. The van der Waals surface area contributed by atoms with Crippen molar-refractivity contribution < 1.29 is 0 Å². The summed E-state index contributed by atoms with van der Waals surface area (Å²) in [5.41, 5.74) is 16.5. The van der Waals surface area contributed by atoms with E-state index in [1.807, 2.05) is 18.2 Å². The molecule has 1 aliphatic heterocycles. The van der Waals surface area contributed by atoms with Gasteiger partial charge in [0.15, 0.2) is 0 Å². The Morgan fingerprint density at radius 2 is 1.07 bits per heavy atom. The van der Waals surface area contributed by atoms with Gasteiger partial charge < -0.3 is 0 Å². The quantitative estimate of drug-likeness (QED) is 0.150. The molecule has 0 N–H and O–H groups in total. The molecule has 0 amide bonds. The average Bonchev–Trinajstić information content (AvgIpc) is 3.30. The fourth-order valence-corrected chi connectivity index (χ4v) is 8.81. The summed E-state index contributed by atoms with van der Waals surface area (Å²) in [5, 5.41) is 12.3. The fourth-order valence-electron chi connectivity index (χ4n) is 8.81. The number of fused-ring (bicyclic) bond motifs is 4. The number of benzene rings is 8. The van der Waals surface area contributed by atoms with Crippen LogP contribution in [0.1, 0.15) is 44.9 Å². The lowest BCUT2D eigenvalue weighted by Crippen LogP contribution is -2.25. The zero-order valence-corrected chi connectivity index (χ0v) is 31.8. The minimum atomic E-state index is 0.0249. The van der Waals surface area contributed by atoms with Crippen LogP contribution < -0.4 is 0 Å². The zero-order valence-electron chi connectivity index (χ0n) is 31.8. The van der Waals surface area contributed by atoms with Crippen molar-refractivity contribution in [3.8, 4) is 28.3 Å². The van der Waals surface area contributed by atoms with Crippen molar-refractivity contribution in [1.82, 2.24) is 0 Å². The van der Waals surface area contributed by atoms with Crippen molar-refractivity contribution in [3.05, 3.63) is 257 Å². The molecule has 0 spiro atoms. The van der Waals surface area contributed by atoms with Crippen LogP contribution in [-0.4, -0.2) is 5.71 Å². The standard InChI is InChI=1S/C56H38N2/c57-37-38-16-14-24-43(32-38)46-34-47(36-48(35-46)55-50-28-12-13-29-52(50)58-56-49-27-11-10-17-39(49)30-31-51(55)56)44-25-15-26-45(33-44)54(42-22-8-3-9-23-42)53(40-18-4-1-5-19-40)41-20-6-2-7-21-41/h1-36,50,55H. The van der Waals surface area contributed by atoms with Crippen LogP contribution in [0.5, 0.6) is 0 Å². The Hall–Kier alpha value is -7.60. The molecule has 2 atom stereocenters. The van der Waals surface area contributed by atoms with Crippen molar-refractivity contribution in [1.29, 1.82) is 5.26 Å². The summed E-state index contributed by atoms with van der Waals surface area (Å²) in [6, 6.07) is 71.6. The van der Waals surface area contributed by atoms with E-state index >= 15 is 0 Å².